The van der Waals surface area contributed by atoms with Gasteiger partial charge >= 0.3 is 11.9 Å². The highest BCUT2D eigenvalue weighted by molar-refractivity contribution is 7.99. The van der Waals surface area contributed by atoms with Crippen molar-refractivity contribution in [1.82, 2.24) is 9.13 Å². The summed E-state index contributed by atoms with van der Waals surface area (Å²) in [6.45, 7) is 0. The fraction of sp³-hybridized carbons (Fsp3) is 0.267. The summed E-state index contributed by atoms with van der Waals surface area (Å²) in [7, 11) is 0.945. The molecule has 0 spiro atoms. The van der Waals surface area contributed by atoms with E-state index >= 15 is 0 Å². The molecular weight excluding hydrogens is 345 g/mol. The Hall–Kier alpha value is -2.29. The van der Waals surface area contributed by atoms with E-state index < -0.39 is 23.1 Å². The standard InChI is InChI=1S/C15H11F3N2O3S/c1-19-12(15(16,17)18)7-13(22)20(14(19)23)8-2-3-11-9(6-8)10(21)4-5-24-11/h2-3,6-7H,4-5H2,1H3. The largest absolute Gasteiger partial charge is 0.431 e. The first-order chi connectivity index (χ1) is 11.2. The number of hydrogen-bond acceptors (Lipinski definition) is 4. The van der Waals surface area contributed by atoms with Gasteiger partial charge in [0.25, 0.3) is 5.56 Å². The van der Waals surface area contributed by atoms with Crippen LogP contribution in [0.3, 0.4) is 0 Å². The Kier molecular flexibility index (Phi) is 3.90. The summed E-state index contributed by atoms with van der Waals surface area (Å²) in [6.07, 6.45) is -4.48. The number of aromatic nitrogens is 2. The zero-order valence-corrected chi connectivity index (χ0v) is 13.2. The van der Waals surface area contributed by atoms with Gasteiger partial charge in [0.15, 0.2) is 5.78 Å². The first kappa shape index (κ1) is 16.6. The number of ketones is 1. The van der Waals surface area contributed by atoms with E-state index in [9.17, 15) is 27.6 Å². The molecule has 1 aliphatic heterocycles. The van der Waals surface area contributed by atoms with Gasteiger partial charge < -0.3 is 0 Å². The van der Waals surface area contributed by atoms with Crippen LogP contribution in [-0.4, -0.2) is 20.7 Å². The Labute approximate surface area is 137 Å². The van der Waals surface area contributed by atoms with Gasteiger partial charge in [0.05, 0.1) is 5.69 Å². The maximum atomic E-state index is 12.9. The van der Waals surface area contributed by atoms with Crippen molar-refractivity contribution in [3.05, 3.63) is 56.4 Å². The average Bonchev–Trinajstić information content (AvgIpc) is 2.50. The lowest BCUT2D eigenvalue weighted by molar-refractivity contribution is -0.144. The van der Waals surface area contributed by atoms with Crippen LogP contribution >= 0.6 is 11.8 Å². The number of nitrogens with zero attached hydrogens (tertiary/aromatic N) is 2. The molecule has 24 heavy (non-hydrogen) atoms. The van der Waals surface area contributed by atoms with Crippen molar-refractivity contribution in [3.8, 4) is 5.69 Å². The third-order valence-corrected chi connectivity index (χ3v) is 4.79. The Morgan fingerprint density at radius 2 is 1.83 bits per heavy atom. The van der Waals surface area contributed by atoms with Crippen molar-refractivity contribution in [2.45, 2.75) is 17.5 Å². The van der Waals surface area contributed by atoms with Crippen molar-refractivity contribution in [2.24, 2.45) is 7.05 Å². The van der Waals surface area contributed by atoms with Gasteiger partial charge in [0, 0.05) is 35.7 Å². The minimum absolute atomic E-state index is 0.0731. The third-order valence-electron chi connectivity index (χ3n) is 3.72. The summed E-state index contributed by atoms with van der Waals surface area (Å²) in [5.41, 5.74) is -3.09. The zero-order chi connectivity index (χ0) is 17.6. The van der Waals surface area contributed by atoms with Gasteiger partial charge in [-0.3, -0.25) is 14.2 Å². The van der Waals surface area contributed by atoms with Crippen molar-refractivity contribution in [3.63, 3.8) is 0 Å². The molecular formula is C15H11F3N2O3S. The highest BCUT2D eigenvalue weighted by Gasteiger charge is 2.35. The van der Waals surface area contributed by atoms with E-state index in [-0.39, 0.29) is 11.5 Å². The molecule has 0 radical (unpaired) electrons. The number of thioether (sulfide) groups is 1. The van der Waals surface area contributed by atoms with Crippen LogP contribution in [0, 0.1) is 0 Å². The van der Waals surface area contributed by atoms with Gasteiger partial charge in [0.1, 0.15) is 5.69 Å². The first-order valence-corrected chi connectivity index (χ1v) is 7.89. The van der Waals surface area contributed by atoms with Gasteiger partial charge in [0.2, 0.25) is 0 Å². The van der Waals surface area contributed by atoms with E-state index in [1.807, 2.05) is 0 Å². The van der Waals surface area contributed by atoms with Gasteiger partial charge in [-0.15, -0.1) is 11.8 Å². The predicted molar refractivity (Wildman–Crippen MR) is 82.0 cm³/mol. The second-order valence-corrected chi connectivity index (χ2v) is 6.38. The molecule has 5 nitrogen and oxygen atoms in total. The molecule has 0 unspecified atom stereocenters. The lowest BCUT2D eigenvalue weighted by Gasteiger charge is -2.17. The Bertz CT molecular complexity index is 960. The Morgan fingerprint density at radius 3 is 2.50 bits per heavy atom. The highest BCUT2D eigenvalue weighted by atomic mass is 32.2. The number of fused-ring (bicyclic) bond motifs is 1. The monoisotopic (exact) mass is 356 g/mol. The molecule has 1 aromatic heterocycles. The molecule has 1 aliphatic rings. The highest BCUT2D eigenvalue weighted by Crippen LogP contribution is 2.31. The van der Waals surface area contributed by atoms with E-state index in [1.165, 1.54) is 23.9 Å². The van der Waals surface area contributed by atoms with Gasteiger partial charge in [-0.05, 0) is 18.2 Å². The lowest BCUT2D eigenvalue weighted by atomic mass is 10.1. The molecule has 0 bridgehead atoms. The lowest BCUT2D eigenvalue weighted by Crippen LogP contribution is -2.40. The summed E-state index contributed by atoms with van der Waals surface area (Å²) < 4.78 is 39.6. The molecule has 9 heteroatoms. The van der Waals surface area contributed by atoms with Gasteiger partial charge in [-0.2, -0.15) is 13.2 Å². The maximum Gasteiger partial charge on any atom is 0.431 e. The molecule has 0 fully saturated rings. The fourth-order valence-electron chi connectivity index (χ4n) is 2.52. The number of carbonyl (C=O) groups is 1. The number of carbonyl (C=O) groups excluding carboxylic acids is 1. The zero-order valence-electron chi connectivity index (χ0n) is 12.4. The first-order valence-electron chi connectivity index (χ1n) is 6.91. The normalized spacial score (nSPS) is 14.6. The minimum atomic E-state index is -4.81. The number of hydrogen-bond donors (Lipinski definition) is 0. The van der Waals surface area contributed by atoms with Gasteiger partial charge in [-0.25, -0.2) is 9.36 Å². The molecule has 0 amide bonds. The van der Waals surface area contributed by atoms with E-state index in [0.717, 1.165) is 11.9 Å². The summed E-state index contributed by atoms with van der Waals surface area (Å²) in [4.78, 5) is 37.0. The van der Waals surface area contributed by atoms with E-state index in [2.05, 4.69) is 0 Å². The minimum Gasteiger partial charge on any atom is -0.294 e. The molecule has 0 saturated heterocycles. The Balaban J connectivity index is 2.23. The smallest absolute Gasteiger partial charge is 0.294 e. The van der Waals surface area contributed by atoms with Crippen LogP contribution in [0.15, 0.2) is 38.8 Å². The number of halogens is 3. The summed E-state index contributed by atoms with van der Waals surface area (Å²) in [5, 5.41) is 0. The van der Waals surface area contributed by atoms with Crippen molar-refractivity contribution < 1.29 is 18.0 Å². The Morgan fingerprint density at radius 1 is 1.12 bits per heavy atom. The molecule has 2 aromatic rings. The summed E-state index contributed by atoms with van der Waals surface area (Å²) in [6, 6.07) is 4.79. The summed E-state index contributed by atoms with van der Waals surface area (Å²) in [5.74, 6) is 0.523. The van der Waals surface area contributed by atoms with Crippen molar-refractivity contribution >= 4 is 17.5 Å². The molecule has 1 aromatic carbocycles. The van der Waals surface area contributed by atoms with E-state index in [4.69, 9.17) is 0 Å². The third kappa shape index (κ3) is 2.68. The molecule has 3 rings (SSSR count). The fourth-order valence-corrected chi connectivity index (χ4v) is 3.52. The number of Topliss-reactive ketones (excluding diaryl/α,β-unsaturated/α-hetero) is 1. The number of benzene rings is 1. The quantitative estimate of drug-likeness (QED) is 0.786. The number of alkyl halides is 3. The number of rotatable bonds is 1. The molecule has 126 valence electrons. The second kappa shape index (κ2) is 5.66. The van der Waals surface area contributed by atoms with Crippen LogP contribution in [0.5, 0.6) is 0 Å². The second-order valence-electron chi connectivity index (χ2n) is 5.24. The average molecular weight is 356 g/mol. The van der Waals surface area contributed by atoms with Crippen LogP contribution < -0.4 is 11.2 Å². The molecule has 0 aliphatic carbocycles. The molecule has 0 N–H and O–H groups in total. The molecule has 2 heterocycles. The van der Waals surface area contributed by atoms with Crippen LogP contribution in [-0.2, 0) is 13.2 Å². The van der Waals surface area contributed by atoms with Crippen molar-refractivity contribution in [2.75, 3.05) is 5.75 Å². The molecule has 0 atom stereocenters. The predicted octanol–water partition coefficient (Wildman–Crippen LogP) is 2.23. The van der Waals surface area contributed by atoms with E-state index in [0.29, 0.717) is 32.9 Å². The van der Waals surface area contributed by atoms with Crippen molar-refractivity contribution in [1.29, 1.82) is 0 Å². The SMILES string of the molecule is Cn1c(C(F)(F)F)cc(=O)n(-c2ccc3c(c2)C(=O)CCS3)c1=O. The summed E-state index contributed by atoms with van der Waals surface area (Å²) >= 11 is 1.47. The van der Waals surface area contributed by atoms with Crippen LogP contribution in [0.1, 0.15) is 22.5 Å². The van der Waals surface area contributed by atoms with Crippen LogP contribution in [0.4, 0.5) is 13.2 Å². The maximum absolute atomic E-state index is 12.9. The van der Waals surface area contributed by atoms with Crippen LogP contribution in [0.25, 0.3) is 5.69 Å². The van der Waals surface area contributed by atoms with Crippen LogP contribution in [0.2, 0.25) is 0 Å². The van der Waals surface area contributed by atoms with E-state index in [1.54, 1.807) is 6.07 Å². The van der Waals surface area contributed by atoms with Gasteiger partial charge in [-0.1, -0.05) is 0 Å². The molecule has 0 saturated carbocycles. The topological polar surface area (TPSA) is 61.1 Å².